The largest absolute Gasteiger partial charge is 0.444 e. The normalized spacial score (nSPS) is 18.5. The number of amides is 2. The number of aromatic nitrogens is 3. The summed E-state index contributed by atoms with van der Waals surface area (Å²) in [6.45, 7) is 15.7. The van der Waals surface area contributed by atoms with Gasteiger partial charge < -0.3 is 20.1 Å². The van der Waals surface area contributed by atoms with Gasteiger partial charge in [-0.1, -0.05) is 25.7 Å². The minimum Gasteiger partial charge on any atom is -0.444 e. The Bertz CT molecular complexity index is 1350. The third-order valence-electron chi connectivity index (χ3n) is 7.79. The van der Waals surface area contributed by atoms with Gasteiger partial charge in [0.2, 0.25) is 5.91 Å². The fourth-order valence-electron chi connectivity index (χ4n) is 5.38. The van der Waals surface area contributed by atoms with E-state index in [1.807, 2.05) is 62.6 Å². The van der Waals surface area contributed by atoms with Crippen LogP contribution in [-0.4, -0.2) is 52.9 Å². The Morgan fingerprint density at radius 2 is 1.81 bits per heavy atom. The van der Waals surface area contributed by atoms with Crippen molar-refractivity contribution in [2.45, 2.75) is 97.4 Å². The summed E-state index contributed by atoms with van der Waals surface area (Å²) in [6.07, 6.45) is 6.41. The molecule has 0 spiro atoms. The standard InChI is InChI=1S/C32H47N5O4Si/c1-22(35-31(39)41-32(2,3)4)23-11-13-24(14-12-23)30(38)36-26-15-17-34-29-25(26)20-28(27-10-8-9-16-33-27)37(29)21-40-18-19-42(5,6)7/h8-10,15-17,20,22-24H,11-14,18-19,21H2,1-7H3,(H,35,39)(H,34,36,38). The third-order valence-corrected chi connectivity index (χ3v) is 9.50. The number of hydrogen-bond donors (Lipinski definition) is 2. The van der Waals surface area contributed by atoms with Crippen molar-refractivity contribution in [2.24, 2.45) is 11.8 Å². The quantitative estimate of drug-likeness (QED) is 0.192. The van der Waals surface area contributed by atoms with Crippen molar-refractivity contribution in [2.75, 3.05) is 11.9 Å². The molecule has 1 saturated carbocycles. The predicted octanol–water partition coefficient (Wildman–Crippen LogP) is 7.07. The number of pyridine rings is 2. The molecule has 42 heavy (non-hydrogen) atoms. The van der Waals surface area contributed by atoms with E-state index in [-0.39, 0.29) is 17.9 Å². The molecule has 0 aliphatic heterocycles. The summed E-state index contributed by atoms with van der Waals surface area (Å²) in [7, 11) is -1.22. The number of fused-ring (bicyclic) bond motifs is 1. The van der Waals surface area contributed by atoms with Gasteiger partial charge in [-0.3, -0.25) is 14.3 Å². The first-order chi connectivity index (χ1) is 19.8. The van der Waals surface area contributed by atoms with Gasteiger partial charge in [0, 0.05) is 44.4 Å². The molecule has 3 heterocycles. The van der Waals surface area contributed by atoms with Gasteiger partial charge in [0.15, 0.2) is 0 Å². The van der Waals surface area contributed by atoms with Gasteiger partial charge in [-0.25, -0.2) is 9.78 Å². The molecule has 1 atom stereocenters. The number of alkyl carbamates (subject to hydrolysis) is 1. The van der Waals surface area contributed by atoms with E-state index in [1.165, 1.54) is 0 Å². The van der Waals surface area contributed by atoms with Crippen molar-refractivity contribution in [3.05, 3.63) is 42.7 Å². The van der Waals surface area contributed by atoms with Crippen molar-refractivity contribution in [3.8, 4) is 11.4 Å². The number of rotatable bonds is 10. The van der Waals surface area contributed by atoms with Crippen molar-refractivity contribution < 1.29 is 19.1 Å². The summed E-state index contributed by atoms with van der Waals surface area (Å²) in [5.74, 6) is 0.248. The second-order valence-electron chi connectivity index (χ2n) is 13.7. The summed E-state index contributed by atoms with van der Waals surface area (Å²) in [5.41, 5.74) is 2.70. The van der Waals surface area contributed by atoms with Gasteiger partial charge in [-0.15, -0.1) is 0 Å². The number of nitrogens with one attached hydrogen (secondary N) is 2. The number of anilines is 1. The average Bonchev–Trinajstić information content (AvgIpc) is 3.29. The van der Waals surface area contributed by atoms with E-state index >= 15 is 0 Å². The predicted molar refractivity (Wildman–Crippen MR) is 170 cm³/mol. The smallest absolute Gasteiger partial charge is 0.407 e. The van der Waals surface area contributed by atoms with Gasteiger partial charge >= 0.3 is 6.09 Å². The molecule has 0 aromatic carbocycles. The molecule has 9 nitrogen and oxygen atoms in total. The molecule has 2 N–H and O–H groups in total. The second-order valence-corrected chi connectivity index (χ2v) is 19.3. The number of carbonyl (C=O) groups excluding carboxylic acids is 2. The highest BCUT2D eigenvalue weighted by Crippen LogP contribution is 2.34. The van der Waals surface area contributed by atoms with Crippen LogP contribution in [0.2, 0.25) is 25.7 Å². The Morgan fingerprint density at radius 1 is 1.07 bits per heavy atom. The van der Waals surface area contributed by atoms with Crippen molar-refractivity contribution in [1.29, 1.82) is 0 Å². The Hall–Kier alpha value is -3.24. The summed E-state index contributed by atoms with van der Waals surface area (Å²) < 4.78 is 13.6. The minimum absolute atomic E-state index is 0.0126. The van der Waals surface area contributed by atoms with Crippen LogP contribution in [0.15, 0.2) is 42.7 Å². The molecule has 3 aromatic heterocycles. The van der Waals surface area contributed by atoms with Crippen LogP contribution in [-0.2, 0) is 21.0 Å². The number of carbonyl (C=O) groups is 2. The van der Waals surface area contributed by atoms with E-state index in [2.05, 4.69) is 40.2 Å². The highest BCUT2D eigenvalue weighted by atomic mass is 28.3. The van der Waals surface area contributed by atoms with Crippen LogP contribution >= 0.6 is 0 Å². The third kappa shape index (κ3) is 8.64. The van der Waals surface area contributed by atoms with Gasteiger partial charge in [-0.05, 0) is 89.6 Å². The zero-order valence-corrected chi connectivity index (χ0v) is 27.2. The van der Waals surface area contributed by atoms with Gasteiger partial charge in [-0.2, -0.15) is 0 Å². The highest BCUT2D eigenvalue weighted by Gasteiger charge is 2.31. The van der Waals surface area contributed by atoms with E-state index in [1.54, 1.807) is 12.4 Å². The van der Waals surface area contributed by atoms with Crippen LogP contribution in [0.1, 0.15) is 53.4 Å². The van der Waals surface area contributed by atoms with Gasteiger partial charge in [0.25, 0.3) is 0 Å². The molecule has 0 radical (unpaired) electrons. The zero-order valence-electron chi connectivity index (χ0n) is 26.2. The SMILES string of the molecule is CC(NC(=O)OC(C)(C)C)C1CCC(C(=O)Nc2ccnc3c2cc(-c2ccccn2)n3COCC[Si](C)(C)C)CC1. The fourth-order valence-corrected chi connectivity index (χ4v) is 6.13. The Labute approximate surface area is 250 Å². The first-order valence-electron chi connectivity index (χ1n) is 15.1. The molecule has 2 amide bonds. The molecular formula is C32H47N5O4Si. The molecular weight excluding hydrogens is 546 g/mol. The minimum atomic E-state index is -1.22. The zero-order chi connectivity index (χ0) is 30.5. The second kappa shape index (κ2) is 13.4. The average molecular weight is 594 g/mol. The maximum atomic E-state index is 13.4. The monoisotopic (exact) mass is 593 g/mol. The van der Waals surface area contributed by atoms with E-state index in [4.69, 9.17) is 9.47 Å². The molecule has 1 aliphatic rings. The van der Waals surface area contributed by atoms with Crippen LogP contribution in [0.3, 0.4) is 0 Å². The molecule has 1 fully saturated rings. The van der Waals surface area contributed by atoms with Crippen molar-refractivity contribution >= 4 is 36.8 Å². The van der Waals surface area contributed by atoms with Crippen LogP contribution in [0, 0.1) is 11.8 Å². The van der Waals surface area contributed by atoms with Crippen LogP contribution in [0.4, 0.5) is 10.5 Å². The summed E-state index contributed by atoms with van der Waals surface area (Å²) in [5, 5.41) is 7.04. The van der Waals surface area contributed by atoms with Crippen molar-refractivity contribution in [1.82, 2.24) is 19.9 Å². The van der Waals surface area contributed by atoms with Gasteiger partial charge in [0.1, 0.15) is 18.0 Å². The molecule has 4 rings (SSSR count). The Balaban J connectivity index is 1.44. The summed E-state index contributed by atoms with van der Waals surface area (Å²) in [4.78, 5) is 34.9. The number of hydrogen-bond acceptors (Lipinski definition) is 6. The van der Waals surface area contributed by atoms with E-state index in [0.717, 1.165) is 59.8 Å². The summed E-state index contributed by atoms with van der Waals surface area (Å²) in [6, 6.07) is 10.8. The lowest BCUT2D eigenvalue weighted by molar-refractivity contribution is -0.121. The molecule has 3 aromatic rings. The maximum Gasteiger partial charge on any atom is 0.407 e. The van der Waals surface area contributed by atoms with Crippen LogP contribution < -0.4 is 10.6 Å². The number of ether oxygens (including phenoxy) is 2. The highest BCUT2D eigenvalue weighted by molar-refractivity contribution is 6.76. The maximum absolute atomic E-state index is 13.4. The molecule has 1 aliphatic carbocycles. The lowest BCUT2D eigenvalue weighted by Crippen LogP contribution is -2.42. The molecule has 228 valence electrons. The lowest BCUT2D eigenvalue weighted by Gasteiger charge is -2.32. The van der Waals surface area contributed by atoms with E-state index < -0.39 is 19.8 Å². The lowest BCUT2D eigenvalue weighted by atomic mass is 9.78. The number of nitrogens with zero attached hydrogens (tertiary/aromatic N) is 3. The van der Waals surface area contributed by atoms with Crippen LogP contribution in [0.25, 0.3) is 22.4 Å². The Kier molecular flexibility index (Phi) is 10.1. The van der Waals surface area contributed by atoms with E-state index in [0.29, 0.717) is 19.3 Å². The fraction of sp³-hybridized carbons (Fsp3) is 0.562. The molecule has 0 saturated heterocycles. The van der Waals surface area contributed by atoms with Gasteiger partial charge in [0.05, 0.1) is 17.1 Å². The Morgan fingerprint density at radius 3 is 2.45 bits per heavy atom. The topological polar surface area (TPSA) is 107 Å². The molecule has 10 heteroatoms. The first-order valence-corrected chi connectivity index (χ1v) is 18.8. The van der Waals surface area contributed by atoms with Crippen molar-refractivity contribution in [3.63, 3.8) is 0 Å². The first kappa shape index (κ1) is 31.7. The van der Waals surface area contributed by atoms with E-state index in [9.17, 15) is 9.59 Å². The molecule has 0 bridgehead atoms. The molecule has 1 unspecified atom stereocenters. The summed E-state index contributed by atoms with van der Waals surface area (Å²) >= 11 is 0. The van der Waals surface area contributed by atoms with Crippen LogP contribution in [0.5, 0.6) is 0 Å².